The molecule has 1 aliphatic rings. The Hall–Kier alpha value is -1.55. The Balaban J connectivity index is 2.37. The predicted molar refractivity (Wildman–Crippen MR) is 77.9 cm³/mol. The topological polar surface area (TPSA) is 47.6 Å². The van der Waals surface area contributed by atoms with Crippen molar-refractivity contribution in [3.63, 3.8) is 0 Å². The minimum atomic E-state index is -0.339. The molecule has 1 aliphatic carbocycles. The van der Waals surface area contributed by atoms with E-state index in [4.69, 9.17) is 9.47 Å². The van der Waals surface area contributed by atoms with E-state index in [0.29, 0.717) is 13.0 Å². The third kappa shape index (κ3) is 2.80. The fourth-order valence-electron chi connectivity index (χ4n) is 3.05. The van der Waals surface area contributed by atoms with Crippen molar-refractivity contribution in [1.29, 1.82) is 0 Å². The Morgan fingerprint density at radius 1 is 1.45 bits per heavy atom. The Morgan fingerprint density at radius 3 is 2.90 bits per heavy atom. The number of nitrogens with one attached hydrogen (secondary N) is 1. The lowest BCUT2D eigenvalue weighted by Crippen LogP contribution is -2.45. The van der Waals surface area contributed by atoms with Crippen molar-refractivity contribution < 1.29 is 14.3 Å². The first kappa shape index (κ1) is 14.9. The number of benzene rings is 1. The number of fused-ring (bicyclic) bond motifs is 1. The molecule has 0 aliphatic heterocycles. The molecule has 0 bridgehead atoms. The van der Waals surface area contributed by atoms with Crippen molar-refractivity contribution >= 4 is 5.97 Å². The molecule has 20 heavy (non-hydrogen) atoms. The number of hydrogen-bond donors (Lipinski definition) is 1. The largest absolute Gasteiger partial charge is 0.497 e. The molecule has 0 radical (unpaired) electrons. The van der Waals surface area contributed by atoms with E-state index in [2.05, 4.69) is 11.4 Å². The Bertz CT molecular complexity index is 487. The average molecular weight is 277 g/mol. The number of ether oxygens (including phenoxy) is 2. The van der Waals surface area contributed by atoms with E-state index >= 15 is 0 Å². The minimum Gasteiger partial charge on any atom is -0.497 e. The second-order valence-electron chi connectivity index (χ2n) is 5.19. The lowest BCUT2D eigenvalue weighted by molar-refractivity contribution is -0.145. The summed E-state index contributed by atoms with van der Waals surface area (Å²) in [6.45, 7) is 2.26. The highest BCUT2D eigenvalue weighted by Crippen LogP contribution is 2.39. The van der Waals surface area contributed by atoms with E-state index < -0.39 is 0 Å². The molecule has 0 heterocycles. The van der Waals surface area contributed by atoms with Gasteiger partial charge in [-0.3, -0.25) is 4.79 Å². The van der Waals surface area contributed by atoms with Gasteiger partial charge >= 0.3 is 5.97 Å². The molecule has 1 aromatic carbocycles. The van der Waals surface area contributed by atoms with Crippen LogP contribution in [0.25, 0.3) is 0 Å². The zero-order valence-electron chi connectivity index (χ0n) is 12.5. The van der Waals surface area contributed by atoms with Crippen LogP contribution in [0, 0.1) is 0 Å². The minimum absolute atomic E-state index is 0.155. The Morgan fingerprint density at radius 2 is 2.25 bits per heavy atom. The third-order valence-corrected chi connectivity index (χ3v) is 4.11. The van der Waals surface area contributed by atoms with Crippen LogP contribution in [0.5, 0.6) is 5.75 Å². The van der Waals surface area contributed by atoms with E-state index in [1.165, 1.54) is 11.1 Å². The van der Waals surface area contributed by atoms with Gasteiger partial charge in [0.25, 0.3) is 0 Å². The van der Waals surface area contributed by atoms with E-state index in [-0.39, 0.29) is 11.5 Å². The molecular formula is C16H23NO3. The first-order valence-corrected chi connectivity index (χ1v) is 7.17. The van der Waals surface area contributed by atoms with Crippen LogP contribution in [-0.2, 0) is 21.5 Å². The SMILES string of the molecule is CCOC(=O)CC1(NC)CCCc2ccc(OC)cc21. The standard InChI is InChI=1S/C16H23NO3/c1-4-20-15(18)11-16(17-2)9-5-6-12-7-8-13(19-3)10-14(12)16/h7-8,10,17H,4-6,9,11H2,1-3H3. The first-order valence-electron chi connectivity index (χ1n) is 7.17. The van der Waals surface area contributed by atoms with Gasteiger partial charge in [-0.25, -0.2) is 0 Å². The summed E-state index contributed by atoms with van der Waals surface area (Å²) in [6, 6.07) is 6.13. The van der Waals surface area contributed by atoms with Crippen LogP contribution in [0.15, 0.2) is 18.2 Å². The van der Waals surface area contributed by atoms with Crippen LogP contribution < -0.4 is 10.1 Å². The number of esters is 1. The fourth-order valence-corrected chi connectivity index (χ4v) is 3.05. The lowest BCUT2D eigenvalue weighted by Gasteiger charge is -2.38. The van der Waals surface area contributed by atoms with Crippen molar-refractivity contribution in [3.05, 3.63) is 29.3 Å². The van der Waals surface area contributed by atoms with Gasteiger partial charge < -0.3 is 14.8 Å². The summed E-state index contributed by atoms with van der Waals surface area (Å²) < 4.78 is 10.5. The van der Waals surface area contributed by atoms with Crippen LogP contribution in [0.2, 0.25) is 0 Å². The van der Waals surface area contributed by atoms with E-state index in [9.17, 15) is 4.79 Å². The molecule has 1 aromatic rings. The predicted octanol–water partition coefficient (Wildman–Crippen LogP) is 2.40. The average Bonchev–Trinajstić information content (AvgIpc) is 2.47. The van der Waals surface area contributed by atoms with Gasteiger partial charge in [0.1, 0.15) is 5.75 Å². The smallest absolute Gasteiger partial charge is 0.308 e. The summed E-state index contributed by atoms with van der Waals surface area (Å²) in [5, 5.41) is 3.36. The van der Waals surface area contributed by atoms with E-state index in [1.807, 2.05) is 26.1 Å². The van der Waals surface area contributed by atoms with Gasteiger partial charge in [0.2, 0.25) is 0 Å². The summed E-state index contributed by atoms with van der Waals surface area (Å²) in [7, 11) is 3.57. The van der Waals surface area contributed by atoms with E-state index in [0.717, 1.165) is 25.0 Å². The van der Waals surface area contributed by atoms with Gasteiger partial charge in [0, 0.05) is 0 Å². The van der Waals surface area contributed by atoms with Crippen molar-refractivity contribution in [2.75, 3.05) is 20.8 Å². The highest BCUT2D eigenvalue weighted by atomic mass is 16.5. The molecule has 2 rings (SSSR count). The van der Waals surface area contributed by atoms with Gasteiger partial charge in [-0.1, -0.05) is 6.07 Å². The van der Waals surface area contributed by atoms with Crippen molar-refractivity contribution in [3.8, 4) is 5.75 Å². The van der Waals surface area contributed by atoms with Gasteiger partial charge in [-0.05, 0) is 56.5 Å². The van der Waals surface area contributed by atoms with Crippen molar-refractivity contribution in [2.45, 2.75) is 38.1 Å². The normalized spacial score (nSPS) is 21.1. The third-order valence-electron chi connectivity index (χ3n) is 4.11. The molecule has 0 fully saturated rings. The van der Waals surface area contributed by atoms with Crippen molar-refractivity contribution in [2.24, 2.45) is 0 Å². The van der Waals surface area contributed by atoms with Crippen LogP contribution in [0.1, 0.15) is 37.3 Å². The molecule has 4 heteroatoms. The summed E-state index contributed by atoms with van der Waals surface area (Å²) in [4.78, 5) is 11.9. The molecule has 1 unspecified atom stereocenters. The summed E-state index contributed by atoms with van der Waals surface area (Å²) >= 11 is 0. The maximum atomic E-state index is 11.9. The van der Waals surface area contributed by atoms with Gasteiger partial charge in [0.05, 0.1) is 25.7 Å². The molecule has 1 N–H and O–H groups in total. The Labute approximate surface area is 120 Å². The molecule has 4 nitrogen and oxygen atoms in total. The fraction of sp³-hybridized carbons (Fsp3) is 0.562. The zero-order chi connectivity index (χ0) is 14.6. The van der Waals surface area contributed by atoms with E-state index in [1.54, 1.807) is 7.11 Å². The van der Waals surface area contributed by atoms with Crippen LogP contribution >= 0.6 is 0 Å². The number of hydrogen-bond acceptors (Lipinski definition) is 4. The number of methoxy groups -OCH3 is 1. The number of aryl methyl sites for hydroxylation is 1. The van der Waals surface area contributed by atoms with Gasteiger partial charge in [0.15, 0.2) is 0 Å². The lowest BCUT2D eigenvalue weighted by atomic mass is 9.74. The highest BCUT2D eigenvalue weighted by molar-refractivity contribution is 5.71. The number of carbonyl (C=O) groups is 1. The van der Waals surface area contributed by atoms with Crippen LogP contribution in [0.4, 0.5) is 0 Å². The highest BCUT2D eigenvalue weighted by Gasteiger charge is 2.37. The first-order chi connectivity index (χ1) is 9.65. The van der Waals surface area contributed by atoms with Gasteiger partial charge in [-0.2, -0.15) is 0 Å². The molecule has 1 atom stereocenters. The number of carbonyl (C=O) groups excluding carboxylic acids is 1. The summed E-state index contributed by atoms with van der Waals surface area (Å²) in [5.74, 6) is 0.673. The van der Waals surface area contributed by atoms with Crippen molar-refractivity contribution in [1.82, 2.24) is 5.32 Å². The number of rotatable bonds is 5. The maximum Gasteiger partial charge on any atom is 0.308 e. The second-order valence-corrected chi connectivity index (χ2v) is 5.19. The quantitative estimate of drug-likeness (QED) is 0.840. The zero-order valence-corrected chi connectivity index (χ0v) is 12.5. The second kappa shape index (κ2) is 6.27. The van der Waals surface area contributed by atoms with Gasteiger partial charge in [-0.15, -0.1) is 0 Å². The maximum absolute atomic E-state index is 11.9. The molecule has 0 spiro atoms. The summed E-state index contributed by atoms with van der Waals surface area (Å²) in [6.07, 6.45) is 3.41. The molecule has 0 amide bonds. The molecule has 110 valence electrons. The Kier molecular flexibility index (Phi) is 4.65. The molecule has 0 saturated heterocycles. The molecule has 0 saturated carbocycles. The monoisotopic (exact) mass is 277 g/mol. The molecule has 0 aromatic heterocycles. The molecular weight excluding hydrogens is 254 g/mol. The summed E-state index contributed by atoms with van der Waals surface area (Å²) in [5.41, 5.74) is 2.11. The van der Waals surface area contributed by atoms with Crippen LogP contribution in [0.3, 0.4) is 0 Å². The van der Waals surface area contributed by atoms with Crippen LogP contribution in [-0.4, -0.2) is 26.7 Å².